The molecule has 0 saturated heterocycles. The number of ether oxygens (including phenoxy) is 1. The predicted octanol–water partition coefficient (Wildman–Crippen LogP) is 3.25. The van der Waals surface area contributed by atoms with Crippen molar-refractivity contribution in [1.29, 1.82) is 0 Å². The van der Waals surface area contributed by atoms with Crippen LogP contribution in [0, 0.1) is 6.92 Å². The molecule has 0 aliphatic carbocycles. The molecule has 16 heavy (non-hydrogen) atoms. The van der Waals surface area contributed by atoms with E-state index < -0.39 is 0 Å². The van der Waals surface area contributed by atoms with Crippen molar-refractivity contribution in [3.05, 3.63) is 48.0 Å². The average molecular weight is 213 g/mol. The van der Waals surface area contributed by atoms with E-state index in [0.29, 0.717) is 0 Å². The first kappa shape index (κ1) is 10.6. The summed E-state index contributed by atoms with van der Waals surface area (Å²) in [6.45, 7) is 2.04. The summed E-state index contributed by atoms with van der Waals surface area (Å²) in [5.41, 5.74) is 10.1. The maximum atomic E-state index is 5.97. The Bertz CT molecular complexity index is 506. The van der Waals surface area contributed by atoms with E-state index in [2.05, 4.69) is 6.07 Å². The topological polar surface area (TPSA) is 35.2 Å². The summed E-state index contributed by atoms with van der Waals surface area (Å²) < 4.78 is 5.31. The lowest BCUT2D eigenvalue weighted by molar-refractivity contribution is 0.412. The van der Waals surface area contributed by atoms with Crippen molar-refractivity contribution >= 4 is 5.69 Å². The Labute approximate surface area is 95.7 Å². The summed E-state index contributed by atoms with van der Waals surface area (Å²) in [5, 5.41) is 0. The first-order valence-electron chi connectivity index (χ1n) is 5.22. The van der Waals surface area contributed by atoms with Crippen molar-refractivity contribution in [2.75, 3.05) is 12.8 Å². The van der Waals surface area contributed by atoms with Gasteiger partial charge in [0.1, 0.15) is 5.75 Å². The Morgan fingerprint density at radius 3 is 2.31 bits per heavy atom. The Morgan fingerprint density at radius 1 is 0.938 bits per heavy atom. The maximum Gasteiger partial charge on any atom is 0.122 e. The minimum atomic E-state index is 0.791. The Hall–Kier alpha value is -1.96. The van der Waals surface area contributed by atoms with Gasteiger partial charge in [-0.25, -0.2) is 0 Å². The molecule has 2 aromatic rings. The number of anilines is 1. The molecule has 0 aromatic heterocycles. The molecule has 0 spiro atoms. The van der Waals surface area contributed by atoms with E-state index >= 15 is 0 Å². The number of benzene rings is 2. The molecule has 0 atom stereocenters. The quantitative estimate of drug-likeness (QED) is 0.777. The smallest absolute Gasteiger partial charge is 0.122 e. The van der Waals surface area contributed by atoms with Crippen LogP contribution in [0.1, 0.15) is 5.56 Å². The van der Waals surface area contributed by atoms with E-state index in [1.165, 1.54) is 0 Å². The van der Waals surface area contributed by atoms with Gasteiger partial charge < -0.3 is 10.5 Å². The van der Waals surface area contributed by atoms with E-state index in [4.69, 9.17) is 10.5 Å². The number of nitrogens with two attached hydrogens (primary N) is 1. The van der Waals surface area contributed by atoms with Crippen molar-refractivity contribution < 1.29 is 4.74 Å². The predicted molar refractivity (Wildman–Crippen MR) is 67.6 cm³/mol. The van der Waals surface area contributed by atoms with Crippen molar-refractivity contribution in [1.82, 2.24) is 0 Å². The van der Waals surface area contributed by atoms with Gasteiger partial charge in [-0.3, -0.25) is 0 Å². The molecule has 0 radical (unpaired) electrons. The zero-order valence-electron chi connectivity index (χ0n) is 9.53. The molecule has 0 fully saturated rings. The summed E-state index contributed by atoms with van der Waals surface area (Å²) >= 11 is 0. The Balaban J connectivity index is 2.61. The van der Waals surface area contributed by atoms with Crippen LogP contribution >= 0.6 is 0 Å². The van der Waals surface area contributed by atoms with Gasteiger partial charge in [-0.15, -0.1) is 0 Å². The molecule has 2 rings (SSSR count). The lowest BCUT2D eigenvalue weighted by Crippen LogP contribution is -1.93. The zero-order valence-corrected chi connectivity index (χ0v) is 9.53. The molecule has 0 heterocycles. The molecule has 82 valence electrons. The van der Waals surface area contributed by atoms with Gasteiger partial charge in [0.15, 0.2) is 0 Å². The van der Waals surface area contributed by atoms with Gasteiger partial charge in [-0.05, 0) is 30.2 Å². The Morgan fingerprint density at radius 2 is 1.62 bits per heavy atom. The van der Waals surface area contributed by atoms with Crippen LogP contribution in [0.25, 0.3) is 11.1 Å². The average Bonchev–Trinajstić information content (AvgIpc) is 2.31. The van der Waals surface area contributed by atoms with E-state index in [9.17, 15) is 0 Å². The molecule has 0 aliphatic rings. The fourth-order valence-corrected chi connectivity index (χ4v) is 1.87. The third-order valence-electron chi connectivity index (χ3n) is 2.75. The molecule has 0 amide bonds. The van der Waals surface area contributed by atoms with Crippen LogP contribution in [-0.4, -0.2) is 7.11 Å². The van der Waals surface area contributed by atoms with Crippen molar-refractivity contribution in [3.8, 4) is 16.9 Å². The highest BCUT2D eigenvalue weighted by molar-refractivity contribution is 5.79. The number of hydrogen-bond donors (Lipinski definition) is 1. The van der Waals surface area contributed by atoms with Gasteiger partial charge in [-0.1, -0.05) is 30.3 Å². The van der Waals surface area contributed by atoms with E-state index in [1.807, 2.05) is 43.3 Å². The highest BCUT2D eigenvalue weighted by Gasteiger charge is 2.08. The third kappa shape index (κ3) is 1.74. The highest BCUT2D eigenvalue weighted by atomic mass is 16.5. The van der Waals surface area contributed by atoms with Gasteiger partial charge in [0.2, 0.25) is 0 Å². The van der Waals surface area contributed by atoms with Crippen LogP contribution in [0.5, 0.6) is 5.75 Å². The number of methoxy groups -OCH3 is 1. The number of rotatable bonds is 2. The van der Waals surface area contributed by atoms with Gasteiger partial charge in [0.05, 0.1) is 7.11 Å². The highest BCUT2D eigenvalue weighted by Crippen LogP contribution is 2.32. The molecule has 2 N–H and O–H groups in total. The van der Waals surface area contributed by atoms with E-state index in [0.717, 1.165) is 28.1 Å². The number of hydrogen-bond acceptors (Lipinski definition) is 2. The van der Waals surface area contributed by atoms with E-state index in [1.54, 1.807) is 7.11 Å². The monoisotopic (exact) mass is 213 g/mol. The summed E-state index contributed by atoms with van der Waals surface area (Å²) in [7, 11) is 1.68. The Kier molecular flexibility index (Phi) is 2.82. The van der Waals surface area contributed by atoms with Crippen LogP contribution in [0.4, 0.5) is 5.69 Å². The first-order chi connectivity index (χ1) is 7.74. The summed E-state index contributed by atoms with van der Waals surface area (Å²) in [4.78, 5) is 0. The van der Waals surface area contributed by atoms with Crippen molar-refractivity contribution in [2.24, 2.45) is 0 Å². The summed E-state index contributed by atoms with van der Waals surface area (Å²) in [6.07, 6.45) is 0. The molecule has 0 bridgehead atoms. The SMILES string of the molecule is COc1cccc(-c2ccccc2N)c1C. The normalized spacial score (nSPS) is 10.1. The molecule has 2 nitrogen and oxygen atoms in total. The molecule has 0 unspecified atom stereocenters. The lowest BCUT2D eigenvalue weighted by Gasteiger charge is -2.12. The van der Waals surface area contributed by atoms with Gasteiger partial charge in [0, 0.05) is 11.3 Å². The van der Waals surface area contributed by atoms with Gasteiger partial charge in [0.25, 0.3) is 0 Å². The molecule has 0 saturated carbocycles. The van der Waals surface area contributed by atoms with Gasteiger partial charge >= 0.3 is 0 Å². The van der Waals surface area contributed by atoms with Crippen LogP contribution in [0.15, 0.2) is 42.5 Å². The zero-order chi connectivity index (χ0) is 11.5. The van der Waals surface area contributed by atoms with E-state index in [-0.39, 0.29) is 0 Å². The molecular weight excluding hydrogens is 198 g/mol. The van der Waals surface area contributed by atoms with Crippen LogP contribution in [-0.2, 0) is 0 Å². The summed E-state index contributed by atoms with van der Waals surface area (Å²) in [6, 6.07) is 13.9. The van der Waals surface area contributed by atoms with Crippen molar-refractivity contribution in [2.45, 2.75) is 6.92 Å². The van der Waals surface area contributed by atoms with Crippen LogP contribution in [0.2, 0.25) is 0 Å². The third-order valence-corrected chi connectivity index (χ3v) is 2.75. The minimum absolute atomic E-state index is 0.791. The fraction of sp³-hybridized carbons (Fsp3) is 0.143. The largest absolute Gasteiger partial charge is 0.496 e. The first-order valence-corrected chi connectivity index (χ1v) is 5.22. The molecule has 0 aliphatic heterocycles. The standard InChI is InChI=1S/C14H15NO/c1-10-11(7-5-9-14(10)16-2)12-6-3-4-8-13(12)15/h3-9H,15H2,1-2H3. The van der Waals surface area contributed by atoms with Crippen LogP contribution < -0.4 is 10.5 Å². The van der Waals surface area contributed by atoms with Crippen LogP contribution in [0.3, 0.4) is 0 Å². The maximum absolute atomic E-state index is 5.97. The summed E-state index contributed by atoms with van der Waals surface area (Å²) in [5.74, 6) is 0.890. The second kappa shape index (κ2) is 4.27. The van der Waals surface area contributed by atoms with Crippen molar-refractivity contribution in [3.63, 3.8) is 0 Å². The lowest BCUT2D eigenvalue weighted by atomic mass is 9.98. The molecular formula is C14H15NO. The fourth-order valence-electron chi connectivity index (χ4n) is 1.87. The minimum Gasteiger partial charge on any atom is -0.496 e. The molecule has 2 aromatic carbocycles. The molecule has 2 heteroatoms. The van der Waals surface area contributed by atoms with Gasteiger partial charge in [-0.2, -0.15) is 0 Å². The number of para-hydroxylation sites is 1. The second-order valence-corrected chi connectivity index (χ2v) is 3.72. The second-order valence-electron chi connectivity index (χ2n) is 3.72. The number of nitrogen functional groups attached to an aromatic ring is 1.